The van der Waals surface area contributed by atoms with Crippen LogP contribution in [0.5, 0.6) is 0 Å². The van der Waals surface area contributed by atoms with Crippen LogP contribution in [-0.2, 0) is 0 Å². The van der Waals surface area contributed by atoms with Crippen molar-refractivity contribution in [3.05, 3.63) is 50.3 Å². The van der Waals surface area contributed by atoms with Crippen LogP contribution < -0.4 is 0 Å². The van der Waals surface area contributed by atoms with Gasteiger partial charge in [-0.2, -0.15) is 0 Å². The lowest BCUT2D eigenvalue weighted by Crippen LogP contribution is -1.95. The van der Waals surface area contributed by atoms with Crippen LogP contribution in [0.25, 0.3) is 0 Å². The summed E-state index contributed by atoms with van der Waals surface area (Å²) >= 11 is 10.2. The third-order valence-electron chi connectivity index (χ3n) is 1.95. The molecule has 0 saturated heterocycles. The van der Waals surface area contributed by atoms with Crippen LogP contribution in [0.1, 0.15) is 0 Å². The maximum atomic E-state index is 10.9. The number of hydrogen-bond donors (Lipinski definition) is 0. The SMILES string of the molecule is O=[N+]([O-])c1cnc(Cl)nc1Sc1ccccc1Br. The minimum absolute atomic E-state index is 0.0184. The fraction of sp³-hybridized carbons (Fsp3) is 0. The zero-order chi connectivity index (χ0) is 13.1. The fourth-order valence-corrected chi connectivity index (χ4v) is 2.77. The van der Waals surface area contributed by atoms with Crippen molar-refractivity contribution in [3.8, 4) is 0 Å². The van der Waals surface area contributed by atoms with E-state index in [0.717, 1.165) is 27.3 Å². The molecule has 0 amide bonds. The molecule has 5 nitrogen and oxygen atoms in total. The molecule has 8 heteroatoms. The van der Waals surface area contributed by atoms with Crippen molar-refractivity contribution >= 4 is 45.0 Å². The Morgan fingerprint density at radius 1 is 1.39 bits per heavy atom. The van der Waals surface area contributed by atoms with E-state index in [0.29, 0.717) is 0 Å². The van der Waals surface area contributed by atoms with Gasteiger partial charge in [-0.25, -0.2) is 9.97 Å². The van der Waals surface area contributed by atoms with Crippen molar-refractivity contribution in [1.82, 2.24) is 9.97 Å². The monoisotopic (exact) mass is 345 g/mol. The second kappa shape index (κ2) is 5.64. The first-order valence-corrected chi connectivity index (χ1v) is 6.66. The van der Waals surface area contributed by atoms with Gasteiger partial charge in [0.05, 0.1) is 4.92 Å². The molecule has 0 aliphatic carbocycles. The molecular weight excluding hydrogens is 342 g/mol. The maximum absolute atomic E-state index is 10.9. The molecule has 0 bridgehead atoms. The molecular formula is C10H5BrClN3O2S. The average Bonchev–Trinajstić information content (AvgIpc) is 2.32. The first-order valence-electron chi connectivity index (χ1n) is 4.67. The van der Waals surface area contributed by atoms with Gasteiger partial charge in [0.2, 0.25) is 5.28 Å². The van der Waals surface area contributed by atoms with Gasteiger partial charge in [-0.3, -0.25) is 10.1 Å². The number of nitro groups is 1. The first-order chi connectivity index (χ1) is 8.58. The summed E-state index contributed by atoms with van der Waals surface area (Å²) in [6.45, 7) is 0. The first kappa shape index (κ1) is 13.3. The van der Waals surface area contributed by atoms with Gasteiger partial charge in [0.1, 0.15) is 6.20 Å². The average molecular weight is 347 g/mol. The minimum atomic E-state index is -0.532. The van der Waals surface area contributed by atoms with Crippen molar-refractivity contribution in [2.45, 2.75) is 9.92 Å². The van der Waals surface area contributed by atoms with Crippen molar-refractivity contribution in [2.24, 2.45) is 0 Å². The second-order valence-electron chi connectivity index (χ2n) is 3.12. The molecule has 1 aromatic heterocycles. The number of nitrogens with zero attached hydrogens (tertiary/aromatic N) is 3. The second-order valence-corrected chi connectivity index (χ2v) is 5.34. The smallest absolute Gasteiger partial charge is 0.258 e. The summed E-state index contributed by atoms with van der Waals surface area (Å²) in [4.78, 5) is 18.6. The van der Waals surface area contributed by atoms with Gasteiger partial charge < -0.3 is 0 Å². The van der Waals surface area contributed by atoms with E-state index in [9.17, 15) is 10.1 Å². The summed E-state index contributed by atoms with van der Waals surface area (Å²) in [5.41, 5.74) is -0.167. The molecule has 18 heavy (non-hydrogen) atoms. The highest BCUT2D eigenvalue weighted by Crippen LogP contribution is 2.36. The Balaban J connectivity index is 2.42. The Bertz CT molecular complexity index is 611. The summed E-state index contributed by atoms with van der Waals surface area (Å²) in [6.07, 6.45) is 1.11. The number of aromatic nitrogens is 2. The molecule has 0 spiro atoms. The van der Waals surface area contributed by atoms with Crippen LogP contribution in [0, 0.1) is 10.1 Å². The lowest BCUT2D eigenvalue weighted by atomic mass is 10.4. The van der Waals surface area contributed by atoms with Gasteiger partial charge in [0.15, 0.2) is 5.03 Å². The minimum Gasteiger partial charge on any atom is -0.258 e. The van der Waals surface area contributed by atoms with Crippen LogP contribution >= 0.6 is 39.3 Å². The molecule has 2 aromatic rings. The predicted molar refractivity (Wildman–Crippen MR) is 72.0 cm³/mol. The number of benzene rings is 1. The Labute approximate surface area is 120 Å². The third kappa shape index (κ3) is 2.98. The summed E-state index contributed by atoms with van der Waals surface area (Å²) in [7, 11) is 0. The van der Waals surface area contributed by atoms with Crippen LogP contribution in [-0.4, -0.2) is 14.9 Å². The van der Waals surface area contributed by atoms with Crippen molar-refractivity contribution in [2.75, 3.05) is 0 Å². The molecule has 0 N–H and O–H groups in total. The van der Waals surface area contributed by atoms with Crippen LogP contribution in [0.3, 0.4) is 0 Å². The molecule has 1 aromatic carbocycles. The highest BCUT2D eigenvalue weighted by Gasteiger charge is 2.18. The molecule has 0 aliphatic heterocycles. The molecule has 0 saturated carbocycles. The fourth-order valence-electron chi connectivity index (χ4n) is 1.17. The molecule has 1 heterocycles. The van der Waals surface area contributed by atoms with Crippen LogP contribution in [0.4, 0.5) is 5.69 Å². The Kier molecular flexibility index (Phi) is 4.15. The van der Waals surface area contributed by atoms with Gasteiger partial charge in [-0.1, -0.05) is 23.9 Å². The van der Waals surface area contributed by atoms with Crippen molar-refractivity contribution in [3.63, 3.8) is 0 Å². The van der Waals surface area contributed by atoms with Crippen molar-refractivity contribution < 1.29 is 4.92 Å². The maximum Gasteiger partial charge on any atom is 0.319 e. The Morgan fingerprint density at radius 2 is 2.11 bits per heavy atom. The van der Waals surface area contributed by atoms with E-state index >= 15 is 0 Å². The molecule has 0 aliphatic rings. The summed E-state index contributed by atoms with van der Waals surface area (Å²) in [5.74, 6) is 0. The normalized spacial score (nSPS) is 10.3. The lowest BCUT2D eigenvalue weighted by molar-refractivity contribution is -0.388. The highest BCUT2D eigenvalue weighted by molar-refractivity contribution is 9.10. The zero-order valence-corrected chi connectivity index (χ0v) is 11.9. The van der Waals surface area contributed by atoms with Crippen molar-refractivity contribution in [1.29, 1.82) is 0 Å². The predicted octanol–water partition coefficient (Wildman–Crippen LogP) is 3.95. The molecule has 0 fully saturated rings. The van der Waals surface area contributed by atoms with Gasteiger partial charge in [-0.05, 0) is 39.7 Å². The lowest BCUT2D eigenvalue weighted by Gasteiger charge is -2.03. The molecule has 0 atom stereocenters. The highest BCUT2D eigenvalue weighted by atomic mass is 79.9. The Hall–Kier alpha value is -1.18. The number of rotatable bonds is 3. The van der Waals surface area contributed by atoms with Gasteiger partial charge >= 0.3 is 5.69 Å². The standard InChI is InChI=1S/C10H5BrClN3O2S/c11-6-3-1-2-4-8(6)18-9-7(15(16)17)5-13-10(12)14-9/h1-5H. The summed E-state index contributed by atoms with van der Waals surface area (Å²) < 4.78 is 0.832. The van der Waals surface area contributed by atoms with Gasteiger partial charge in [0.25, 0.3) is 0 Å². The number of halogens is 2. The molecule has 92 valence electrons. The van der Waals surface area contributed by atoms with E-state index in [2.05, 4.69) is 25.9 Å². The molecule has 2 rings (SSSR count). The Morgan fingerprint density at radius 3 is 2.78 bits per heavy atom. The zero-order valence-electron chi connectivity index (χ0n) is 8.71. The van der Waals surface area contributed by atoms with E-state index in [1.165, 1.54) is 0 Å². The largest absolute Gasteiger partial charge is 0.319 e. The van der Waals surface area contributed by atoms with E-state index in [1.54, 1.807) is 0 Å². The molecule has 0 unspecified atom stereocenters. The van der Waals surface area contributed by atoms with E-state index in [4.69, 9.17) is 11.6 Å². The summed E-state index contributed by atoms with van der Waals surface area (Å²) in [5, 5.41) is 11.1. The van der Waals surface area contributed by atoms with Gasteiger partial charge in [0, 0.05) is 9.37 Å². The third-order valence-corrected chi connectivity index (χ3v) is 4.15. The number of hydrogen-bond acceptors (Lipinski definition) is 5. The quantitative estimate of drug-likeness (QED) is 0.364. The summed E-state index contributed by atoms with van der Waals surface area (Å²) in [6, 6.07) is 7.36. The van der Waals surface area contributed by atoms with E-state index in [-0.39, 0.29) is 16.0 Å². The molecule has 0 radical (unpaired) electrons. The van der Waals surface area contributed by atoms with Gasteiger partial charge in [-0.15, -0.1) is 0 Å². The van der Waals surface area contributed by atoms with E-state index in [1.807, 2.05) is 24.3 Å². The topological polar surface area (TPSA) is 68.9 Å². The van der Waals surface area contributed by atoms with Crippen LogP contribution in [0.15, 0.2) is 44.9 Å². The van der Waals surface area contributed by atoms with E-state index < -0.39 is 4.92 Å². The van der Waals surface area contributed by atoms with Crippen LogP contribution in [0.2, 0.25) is 5.28 Å².